The molecule has 110 valence electrons. The SMILES string of the molecule is C[C@@H](CC(=O)Cc1csc(-c2cccc(Cl)c2)n1)C(=O)O. The van der Waals surface area contributed by atoms with Gasteiger partial charge in [-0.3, -0.25) is 9.59 Å². The molecule has 1 N–H and O–H groups in total. The standard InChI is InChI=1S/C15H14ClNO3S/c1-9(15(19)20)5-13(18)7-12-8-21-14(17-12)10-3-2-4-11(16)6-10/h2-4,6,8-9H,5,7H2,1H3,(H,19,20)/t9-/m0/s1. The van der Waals surface area contributed by atoms with E-state index in [0.29, 0.717) is 10.7 Å². The van der Waals surface area contributed by atoms with Crippen LogP contribution in [-0.4, -0.2) is 21.8 Å². The van der Waals surface area contributed by atoms with Crippen LogP contribution in [0.2, 0.25) is 5.02 Å². The second kappa shape index (κ2) is 6.83. The van der Waals surface area contributed by atoms with E-state index in [4.69, 9.17) is 16.7 Å². The Morgan fingerprint density at radius 1 is 1.43 bits per heavy atom. The second-order valence-electron chi connectivity index (χ2n) is 4.81. The number of Topliss-reactive ketones (excluding diaryl/α,β-unsaturated/α-hetero) is 1. The van der Waals surface area contributed by atoms with Crippen LogP contribution >= 0.6 is 22.9 Å². The minimum atomic E-state index is -0.957. The molecule has 2 aromatic rings. The Hall–Kier alpha value is -1.72. The van der Waals surface area contributed by atoms with Crippen molar-refractivity contribution >= 4 is 34.7 Å². The highest BCUT2D eigenvalue weighted by Gasteiger charge is 2.17. The number of carboxylic acid groups (broad SMARTS) is 1. The molecule has 0 fully saturated rings. The predicted octanol–water partition coefficient (Wildman–Crippen LogP) is 3.69. The number of hydrogen-bond acceptors (Lipinski definition) is 4. The first-order valence-electron chi connectivity index (χ1n) is 6.40. The maximum absolute atomic E-state index is 11.8. The van der Waals surface area contributed by atoms with Gasteiger partial charge in [-0.15, -0.1) is 11.3 Å². The van der Waals surface area contributed by atoms with Crippen molar-refractivity contribution in [2.75, 3.05) is 0 Å². The predicted molar refractivity (Wildman–Crippen MR) is 82.7 cm³/mol. The summed E-state index contributed by atoms with van der Waals surface area (Å²) in [5, 5.41) is 12.0. The highest BCUT2D eigenvalue weighted by atomic mass is 35.5. The molecule has 0 saturated carbocycles. The molecule has 0 aliphatic rings. The number of ketones is 1. The van der Waals surface area contributed by atoms with Gasteiger partial charge in [0.05, 0.1) is 11.6 Å². The number of aromatic nitrogens is 1. The molecule has 0 amide bonds. The summed E-state index contributed by atoms with van der Waals surface area (Å²) in [5.74, 6) is -1.74. The molecule has 0 unspecified atom stereocenters. The summed E-state index contributed by atoms with van der Waals surface area (Å²) in [4.78, 5) is 26.9. The van der Waals surface area contributed by atoms with Gasteiger partial charge < -0.3 is 5.11 Å². The average molecular weight is 324 g/mol. The topological polar surface area (TPSA) is 67.3 Å². The van der Waals surface area contributed by atoms with Crippen molar-refractivity contribution in [3.05, 3.63) is 40.4 Å². The van der Waals surface area contributed by atoms with Gasteiger partial charge in [0.25, 0.3) is 0 Å². The summed E-state index contributed by atoms with van der Waals surface area (Å²) in [5.41, 5.74) is 1.57. The zero-order chi connectivity index (χ0) is 15.4. The summed E-state index contributed by atoms with van der Waals surface area (Å²) in [6.07, 6.45) is 0.189. The van der Waals surface area contributed by atoms with E-state index in [1.54, 1.807) is 6.07 Å². The van der Waals surface area contributed by atoms with Gasteiger partial charge in [0.2, 0.25) is 0 Å². The summed E-state index contributed by atoms with van der Waals surface area (Å²) in [7, 11) is 0. The highest BCUT2D eigenvalue weighted by molar-refractivity contribution is 7.13. The fourth-order valence-corrected chi connectivity index (χ4v) is 2.85. The van der Waals surface area contributed by atoms with Gasteiger partial charge in [-0.2, -0.15) is 0 Å². The maximum Gasteiger partial charge on any atom is 0.306 e. The molecule has 21 heavy (non-hydrogen) atoms. The molecule has 1 atom stereocenters. The van der Waals surface area contributed by atoms with Crippen molar-refractivity contribution < 1.29 is 14.7 Å². The maximum atomic E-state index is 11.8. The van der Waals surface area contributed by atoms with Crippen molar-refractivity contribution in [1.29, 1.82) is 0 Å². The Morgan fingerprint density at radius 2 is 2.19 bits per heavy atom. The number of halogens is 1. The third-order valence-electron chi connectivity index (χ3n) is 2.96. The number of carbonyl (C=O) groups is 2. The van der Waals surface area contributed by atoms with Crippen LogP contribution in [0.25, 0.3) is 10.6 Å². The summed E-state index contributed by atoms with van der Waals surface area (Å²) in [6, 6.07) is 7.36. The number of thiazole rings is 1. The smallest absolute Gasteiger partial charge is 0.306 e. The van der Waals surface area contributed by atoms with E-state index in [9.17, 15) is 9.59 Å². The first-order valence-corrected chi connectivity index (χ1v) is 7.66. The number of rotatable bonds is 6. The number of nitrogens with zero attached hydrogens (tertiary/aromatic N) is 1. The Bertz CT molecular complexity index is 668. The first kappa shape index (κ1) is 15.7. The van der Waals surface area contributed by atoms with Crippen LogP contribution in [0.4, 0.5) is 0 Å². The molecule has 2 rings (SSSR count). The molecule has 6 heteroatoms. The Labute approximate surface area is 131 Å². The molecular formula is C15H14ClNO3S. The van der Waals surface area contributed by atoms with E-state index >= 15 is 0 Å². The molecule has 0 saturated heterocycles. The van der Waals surface area contributed by atoms with Gasteiger partial charge in [-0.05, 0) is 12.1 Å². The minimum absolute atomic E-state index is 0.0271. The second-order valence-corrected chi connectivity index (χ2v) is 6.11. The fourth-order valence-electron chi connectivity index (χ4n) is 1.85. The molecule has 0 bridgehead atoms. The normalized spacial score (nSPS) is 12.1. The van der Waals surface area contributed by atoms with Crippen molar-refractivity contribution in [2.24, 2.45) is 5.92 Å². The molecule has 4 nitrogen and oxygen atoms in total. The molecule has 1 aromatic heterocycles. The average Bonchev–Trinajstić information content (AvgIpc) is 2.86. The quantitative estimate of drug-likeness (QED) is 0.880. The van der Waals surface area contributed by atoms with Gasteiger partial charge in [0.1, 0.15) is 10.8 Å². The van der Waals surface area contributed by atoms with Crippen LogP contribution in [-0.2, 0) is 16.0 Å². The van der Waals surface area contributed by atoms with Gasteiger partial charge in [0, 0.05) is 28.8 Å². The van der Waals surface area contributed by atoms with E-state index in [1.807, 2.05) is 23.6 Å². The number of aliphatic carboxylic acids is 1. The van der Waals surface area contributed by atoms with Crippen molar-refractivity contribution in [3.63, 3.8) is 0 Å². The summed E-state index contributed by atoms with van der Waals surface area (Å²) in [6.45, 7) is 1.53. The van der Waals surface area contributed by atoms with Crippen LogP contribution in [0.1, 0.15) is 19.0 Å². The van der Waals surface area contributed by atoms with Gasteiger partial charge in [-0.25, -0.2) is 4.98 Å². The molecule has 1 heterocycles. The van der Waals surface area contributed by atoms with Gasteiger partial charge in [0.15, 0.2) is 0 Å². The number of carboxylic acids is 1. The van der Waals surface area contributed by atoms with Crippen LogP contribution in [0, 0.1) is 5.92 Å². The van der Waals surface area contributed by atoms with E-state index in [2.05, 4.69) is 4.98 Å². The van der Waals surface area contributed by atoms with E-state index in [1.165, 1.54) is 18.3 Å². The number of hydrogen-bond donors (Lipinski definition) is 1. The monoisotopic (exact) mass is 323 g/mol. The van der Waals surface area contributed by atoms with Crippen molar-refractivity contribution in [2.45, 2.75) is 19.8 Å². The molecular weight excluding hydrogens is 310 g/mol. The summed E-state index contributed by atoms with van der Waals surface area (Å²) < 4.78 is 0. The van der Waals surface area contributed by atoms with E-state index < -0.39 is 11.9 Å². The molecule has 0 radical (unpaired) electrons. The van der Waals surface area contributed by atoms with Gasteiger partial charge in [-0.1, -0.05) is 30.7 Å². The van der Waals surface area contributed by atoms with Crippen LogP contribution < -0.4 is 0 Å². The largest absolute Gasteiger partial charge is 0.481 e. The first-order chi connectivity index (χ1) is 9.95. The molecule has 0 spiro atoms. The van der Waals surface area contributed by atoms with Crippen molar-refractivity contribution in [3.8, 4) is 10.6 Å². The number of carbonyl (C=O) groups excluding carboxylic acids is 1. The summed E-state index contributed by atoms with van der Waals surface area (Å²) >= 11 is 7.38. The zero-order valence-electron chi connectivity index (χ0n) is 11.4. The Morgan fingerprint density at radius 3 is 2.86 bits per heavy atom. The molecule has 1 aromatic carbocycles. The third kappa shape index (κ3) is 4.37. The van der Waals surface area contributed by atoms with Crippen LogP contribution in [0.15, 0.2) is 29.6 Å². The fraction of sp³-hybridized carbons (Fsp3) is 0.267. The van der Waals surface area contributed by atoms with E-state index in [0.717, 1.165) is 10.6 Å². The minimum Gasteiger partial charge on any atom is -0.481 e. The lowest BCUT2D eigenvalue weighted by Crippen LogP contribution is -2.16. The lowest BCUT2D eigenvalue weighted by Gasteiger charge is -2.03. The third-order valence-corrected chi connectivity index (χ3v) is 4.13. The lowest BCUT2D eigenvalue weighted by atomic mass is 10.0. The van der Waals surface area contributed by atoms with Crippen LogP contribution in [0.5, 0.6) is 0 Å². The van der Waals surface area contributed by atoms with Gasteiger partial charge >= 0.3 is 5.97 Å². The Balaban J connectivity index is 2.03. The number of benzene rings is 1. The van der Waals surface area contributed by atoms with Crippen molar-refractivity contribution in [1.82, 2.24) is 4.98 Å². The molecule has 0 aliphatic heterocycles. The highest BCUT2D eigenvalue weighted by Crippen LogP contribution is 2.26. The lowest BCUT2D eigenvalue weighted by molar-refractivity contribution is -0.143. The van der Waals surface area contributed by atoms with E-state index in [-0.39, 0.29) is 18.6 Å². The molecule has 0 aliphatic carbocycles. The Kier molecular flexibility index (Phi) is 5.09. The van der Waals surface area contributed by atoms with Crippen LogP contribution in [0.3, 0.4) is 0 Å². The zero-order valence-corrected chi connectivity index (χ0v) is 12.9.